The summed E-state index contributed by atoms with van der Waals surface area (Å²) in [5, 5.41) is 14.0. The van der Waals surface area contributed by atoms with Gasteiger partial charge in [0.15, 0.2) is 12.8 Å². The second kappa shape index (κ2) is 7.04. The highest BCUT2D eigenvalue weighted by Crippen LogP contribution is 1.98. The van der Waals surface area contributed by atoms with Gasteiger partial charge in [0.1, 0.15) is 0 Å². The molecule has 0 aliphatic heterocycles. The molecule has 2 aromatic rings. The molecule has 0 bridgehead atoms. The zero-order valence-electron chi connectivity index (χ0n) is 11.2. The standard InChI is InChI=1S/C15H14N2O4/c18-14(16-10-12-6-2-1-3-7-12)11-21-15(19)13-8-4-5-9-17(13)20/h1-9H,10-11H2,(H,16,18). The van der Waals surface area contributed by atoms with Crippen LogP contribution in [0.1, 0.15) is 16.1 Å². The SMILES string of the molecule is O=C(COC(=O)c1cccc[n+]1[O-])NCc1ccccc1. The Morgan fingerprint density at radius 3 is 2.52 bits per heavy atom. The fraction of sp³-hybridized carbons (Fsp3) is 0.133. The molecule has 0 aliphatic rings. The summed E-state index contributed by atoms with van der Waals surface area (Å²) in [4.78, 5) is 23.2. The molecule has 0 radical (unpaired) electrons. The van der Waals surface area contributed by atoms with E-state index in [2.05, 4.69) is 5.32 Å². The zero-order chi connectivity index (χ0) is 15.1. The van der Waals surface area contributed by atoms with Crippen LogP contribution in [0.25, 0.3) is 0 Å². The summed E-state index contributed by atoms with van der Waals surface area (Å²) in [6, 6.07) is 13.7. The molecule has 1 heterocycles. The molecule has 2 rings (SSSR count). The van der Waals surface area contributed by atoms with Gasteiger partial charge in [-0.3, -0.25) is 4.79 Å². The Kier molecular flexibility index (Phi) is 4.87. The maximum Gasteiger partial charge on any atom is 0.405 e. The zero-order valence-corrected chi connectivity index (χ0v) is 11.2. The van der Waals surface area contributed by atoms with Gasteiger partial charge in [-0.25, -0.2) is 4.79 Å². The van der Waals surface area contributed by atoms with Crippen LogP contribution in [-0.4, -0.2) is 18.5 Å². The number of hydrogen-bond acceptors (Lipinski definition) is 4. The van der Waals surface area contributed by atoms with Crippen LogP contribution in [0.2, 0.25) is 0 Å². The molecule has 6 nitrogen and oxygen atoms in total. The lowest BCUT2D eigenvalue weighted by Crippen LogP contribution is -2.36. The van der Waals surface area contributed by atoms with Crippen molar-refractivity contribution in [2.75, 3.05) is 6.61 Å². The van der Waals surface area contributed by atoms with E-state index in [-0.39, 0.29) is 5.69 Å². The summed E-state index contributed by atoms with van der Waals surface area (Å²) in [6.45, 7) is -0.0787. The summed E-state index contributed by atoms with van der Waals surface area (Å²) in [6.07, 6.45) is 1.19. The minimum absolute atomic E-state index is 0.159. The summed E-state index contributed by atoms with van der Waals surface area (Å²) >= 11 is 0. The van der Waals surface area contributed by atoms with E-state index in [1.807, 2.05) is 30.3 Å². The van der Waals surface area contributed by atoms with Crippen LogP contribution in [0.15, 0.2) is 54.7 Å². The molecule has 108 valence electrons. The first-order valence-electron chi connectivity index (χ1n) is 6.33. The number of carbonyl (C=O) groups is 2. The highest BCUT2D eigenvalue weighted by Gasteiger charge is 2.17. The summed E-state index contributed by atoms with van der Waals surface area (Å²) in [7, 11) is 0. The normalized spacial score (nSPS) is 9.90. The largest absolute Gasteiger partial charge is 0.618 e. The van der Waals surface area contributed by atoms with Gasteiger partial charge in [-0.05, 0) is 11.6 Å². The number of benzene rings is 1. The molecule has 0 unspecified atom stereocenters. The van der Waals surface area contributed by atoms with Gasteiger partial charge in [0.2, 0.25) is 0 Å². The third-order valence-electron chi connectivity index (χ3n) is 2.70. The number of carbonyl (C=O) groups excluding carboxylic acids is 2. The number of amides is 1. The molecule has 0 spiro atoms. The van der Waals surface area contributed by atoms with E-state index in [9.17, 15) is 14.8 Å². The van der Waals surface area contributed by atoms with Crippen LogP contribution >= 0.6 is 0 Å². The van der Waals surface area contributed by atoms with Gasteiger partial charge in [-0.1, -0.05) is 30.3 Å². The molecule has 0 fully saturated rings. The number of hydrogen-bond donors (Lipinski definition) is 1. The smallest absolute Gasteiger partial charge is 0.405 e. The maximum absolute atomic E-state index is 11.6. The quantitative estimate of drug-likeness (QED) is 0.500. The van der Waals surface area contributed by atoms with Crippen molar-refractivity contribution < 1.29 is 19.1 Å². The third kappa shape index (κ3) is 4.31. The molecular weight excluding hydrogens is 272 g/mol. The van der Waals surface area contributed by atoms with Crippen LogP contribution < -0.4 is 10.0 Å². The van der Waals surface area contributed by atoms with E-state index < -0.39 is 18.5 Å². The van der Waals surface area contributed by atoms with Crippen molar-refractivity contribution in [3.05, 3.63) is 71.2 Å². The molecular formula is C15H14N2O4. The Hall–Kier alpha value is -2.89. The van der Waals surface area contributed by atoms with Crippen LogP contribution in [-0.2, 0) is 16.1 Å². The highest BCUT2D eigenvalue weighted by molar-refractivity contribution is 5.88. The molecule has 1 N–H and O–H groups in total. The van der Waals surface area contributed by atoms with Crippen molar-refractivity contribution in [1.29, 1.82) is 0 Å². The monoisotopic (exact) mass is 286 g/mol. The molecule has 1 aromatic carbocycles. The first-order valence-corrected chi connectivity index (χ1v) is 6.33. The Balaban J connectivity index is 1.79. The number of pyridine rings is 1. The van der Waals surface area contributed by atoms with E-state index >= 15 is 0 Å². The van der Waals surface area contributed by atoms with Crippen molar-refractivity contribution in [1.82, 2.24) is 5.32 Å². The second-order valence-electron chi connectivity index (χ2n) is 4.25. The first-order chi connectivity index (χ1) is 10.2. The Bertz CT molecular complexity index is 629. The van der Waals surface area contributed by atoms with Gasteiger partial charge < -0.3 is 15.3 Å². The summed E-state index contributed by atoms with van der Waals surface area (Å²) in [5.74, 6) is -1.26. The molecule has 0 aliphatic carbocycles. The van der Waals surface area contributed by atoms with Crippen LogP contribution in [0, 0.1) is 5.21 Å². The molecule has 1 aromatic heterocycles. The number of nitrogens with zero attached hydrogens (tertiary/aromatic N) is 1. The lowest BCUT2D eigenvalue weighted by molar-refractivity contribution is -0.608. The van der Waals surface area contributed by atoms with Crippen molar-refractivity contribution in [3.8, 4) is 0 Å². The van der Waals surface area contributed by atoms with Gasteiger partial charge in [0, 0.05) is 18.7 Å². The maximum atomic E-state index is 11.6. The van der Waals surface area contributed by atoms with Gasteiger partial charge in [-0.2, -0.15) is 4.73 Å². The van der Waals surface area contributed by atoms with E-state index in [1.165, 1.54) is 18.3 Å². The second-order valence-corrected chi connectivity index (χ2v) is 4.25. The topological polar surface area (TPSA) is 82.3 Å². The average molecular weight is 286 g/mol. The Morgan fingerprint density at radius 2 is 1.81 bits per heavy atom. The van der Waals surface area contributed by atoms with Gasteiger partial charge in [0.25, 0.3) is 5.91 Å². The molecule has 0 saturated heterocycles. The number of nitrogens with one attached hydrogen (secondary N) is 1. The number of aromatic nitrogens is 1. The van der Waals surface area contributed by atoms with E-state index in [0.717, 1.165) is 5.56 Å². The third-order valence-corrected chi connectivity index (χ3v) is 2.70. The van der Waals surface area contributed by atoms with Gasteiger partial charge in [0.05, 0.1) is 0 Å². The van der Waals surface area contributed by atoms with Crippen LogP contribution in [0.4, 0.5) is 0 Å². The Morgan fingerprint density at radius 1 is 1.10 bits per heavy atom. The molecule has 21 heavy (non-hydrogen) atoms. The molecule has 1 amide bonds. The van der Waals surface area contributed by atoms with Gasteiger partial charge >= 0.3 is 11.7 Å². The summed E-state index contributed by atoms with van der Waals surface area (Å²) < 4.78 is 5.18. The number of ether oxygens (including phenoxy) is 1. The predicted octanol–water partition coefficient (Wildman–Crippen LogP) is 0.793. The fourth-order valence-corrected chi connectivity index (χ4v) is 1.64. The van der Waals surface area contributed by atoms with Crippen LogP contribution in [0.3, 0.4) is 0 Å². The van der Waals surface area contributed by atoms with Crippen molar-refractivity contribution in [2.24, 2.45) is 0 Å². The minimum atomic E-state index is -0.833. The van der Waals surface area contributed by atoms with Crippen molar-refractivity contribution in [2.45, 2.75) is 6.54 Å². The fourth-order valence-electron chi connectivity index (χ4n) is 1.64. The average Bonchev–Trinajstić information content (AvgIpc) is 2.52. The summed E-state index contributed by atoms with van der Waals surface area (Å²) in [5.41, 5.74) is 0.783. The lowest BCUT2D eigenvalue weighted by Gasteiger charge is -2.06. The molecule has 0 saturated carbocycles. The van der Waals surface area contributed by atoms with Crippen molar-refractivity contribution in [3.63, 3.8) is 0 Å². The lowest BCUT2D eigenvalue weighted by atomic mass is 10.2. The molecule has 0 atom stereocenters. The molecule has 6 heteroatoms. The first kappa shape index (κ1) is 14.5. The Labute approximate surface area is 121 Å². The minimum Gasteiger partial charge on any atom is -0.618 e. The number of esters is 1. The van der Waals surface area contributed by atoms with Gasteiger partial charge in [-0.15, -0.1) is 0 Å². The van der Waals surface area contributed by atoms with E-state index in [1.54, 1.807) is 6.07 Å². The van der Waals surface area contributed by atoms with Crippen molar-refractivity contribution >= 4 is 11.9 Å². The highest BCUT2D eigenvalue weighted by atomic mass is 16.5. The van der Waals surface area contributed by atoms with E-state index in [0.29, 0.717) is 11.3 Å². The number of rotatable bonds is 5. The van der Waals surface area contributed by atoms with Crippen LogP contribution in [0.5, 0.6) is 0 Å². The van der Waals surface area contributed by atoms with E-state index in [4.69, 9.17) is 4.74 Å². The predicted molar refractivity (Wildman–Crippen MR) is 74.0 cm³/mol.